The van der Waals surface area contributed by atoms with E-state index in [4.69, 9.17) is 9.47 Å². The molecule has 2 aromatic carbocycles. The Kier molecular flexibility index (Phi) is 3.73. The van der Waals surface area contributed by atoms with Crippen molar-refractivity contribution in [3.05, 3.63) is 42.5 Å². The smallest absolute Gasteiger partial charge is 0.313 e. The largest absolute Gasteiger partial charge is 0.426 e. The van der Waals surface area contributed by atoms with Crippen LogP contribution in [-0.2, 0) is 9.53 Å². The summed E-state index contributed by atoms with van der Waals surface area (Å²) in [5.41, 5.74) is 0. The molecule has 0 N–H and O–H groups in total. The van der Waals surface area contributed by atoms with Gasteiger partial charge >= 0.3 is 5.97 Å². The van der Waals surface area contributed by atoms with Crippen molar-refractivity contribution in [1.29, 1.82) is 0 Å². The van der Waals surface area contributed by atoms with Crippen molar-refractivity contribution in [3.63, 3.8) is 0 Å². The van der Waals surface area contributed by atoms with Gasteiger partial charge in [-0.3, -0.25) is 4.79 Å². The van der Waals surface area contributed by atoms with Crippen LogP contribution < -0.4 is 4.74 Å². The molecule has 0 spiro atoms. The van der Waals surface area contributed by atoms with E-state index < -0.39 is 0 Å². The summed E-state index contributed by atoms with van der Waals surface area (Å²) in [6, 6.07) is 13.5. The van der Waals surface area contributed by atoms with E-state index in [0.29, 0.717) is 12.4 Å². The Bertz CT molecular complexity index is 514. The Morgan fingerprint density at radius 3 is 2.71 bits per heavy atom. The van der Waals surface area contributed by atoms with E-state index in [1.165, 1.54) is 0 Å². The molecule has 0 fully saturated rings. The van der Waals surface area contributed by atoms with E-state index in [2.05, 4.69) is 0 Å². The van der Waals surface area contributed by atoms with Gasteiger partial charge in [-0.25, -0.2) is 0 Å². The maximum atomic E-state index is 11.5. The Labute approximate surface area is 100.0 Å². The molecule has 0 radical (unpaired) electrons. The molecule has 3 heteroatoms. The van der Waals surface area contributed by atoms with Crippen LogP contribution in [0, 0.1) is 0 Å². The summed E-state index contributed by atoms with van der Waals surface area (Å²) in [7, 11) is 1.56. The minimum absolute atomic E-state index is 0.264. The second kappa shape index (κ2) is 5.46. The normalized spacial score (nSPS) is 10.4. The lowest BCUT2D eigenvalue weighted by molar-refractivity contribution is -0.135. The van der Waals surface area contributed by atoms with Crippen molar-refractivity contribution in [3.8, 4) is 5.75 Å². The van der Waals surface area contributed by atoms with E-state index in [0.717, 1.165) is 10.8 Å². The highest BCUT2D eigenvalue weighted by Gasteiger charge is 2.07. The molecule has 0 bridgehead atoms. The summed E-state index contributed by atoms with van der Waals surface area (Å²) in [6.45, 7) is 0.379. The first-order chi connectivity index (χ1) is 8.31. The van der Waals surface area contributed by atoms with Crippen LogP contribution in [0.3, 0.4) is 0 Å². The number of esters is 1. The fourth-order valence-corrected chi connectivity index (χ4v) is 1.64. The molecule has 17 heavy (non-hydrogen) atoms. The highest BCUT2D eigenvalue weighted by atomic mass is 16.5. The number of carbonyl (C=O) groups is 1. The average molecular weight is 230 g/mol. The minimum Gasteiger partial charge on any atom is -0.426 e. The van der Waals surface area contributed by atoms with Crippen LogP contribution in [-0.4, -0.2) is 19.7 Å². The Hall–Kier alpha value is -1.87. The Morgan fingerprint density at radius 1 is 1.12 bits per heavy atom. The van der Waals surface area contributed by atoms with Crippen LogP contribution >= 0.6 is 0 Å². The molecule has 0 aromatic heterocycles. The van der Waals surface area contributed by atoms with Crippen LogP contribution in [0.25, 0.3) is 10.8 Å². The first-order valence-corrected chi connectivity index (χ1v) is 5.48. The van der Waals surface area contributed by atoms with Crippen molar-refractivity contribution in [2.75, 3.05) is 13.7 Å². The van der Waals surface area contributed by atoms with Crippen LogP contribution in [0.1, 0.15) is 6.42 Å². The van der Waals surface area contributed by atoms with E-state index in [-0.39, 0.29) is 12.4 Å². The van der Waals surface area contributed by atoms with E-state index in [9.17, 15) is 4.79 Å². The van der Waals surface area contributed by atoms with E-state index in [1.807, 2.05) is 36.4 Å². The lowest BCUT2D eigenvalue weighted by Gasteiger charge is -2.07. The molecule has 2 rings (SSSR count). The highest BCUT2D eigenvalue weighted by molar-refractivity contribution is 5.90. The number of methoxy groups -OCH3 is 1. The van der Waals surface area contributed by atoms with Crippen LogP contribution in [0.4, 0.5) is 0 Å². The SMILES string of the molecule is COCCC(=O)Oc1cccc2ccccc12. The summed E-state index contributed by atoms with van der Waals surface area (Å²) in [4.78, 5) is 11.5. The van der Waals surface area contributed by atoms with Gasteiger partial charge in [0.2, 0.25) is 0 Å². The predicted octanol–water partition coefficient (Wildman–Crippen LogP) is 2.78. The number of hydrogen-bond donors (Lipinski definition) is 0. The van der Waals surface area contributed by atoms with Gasteiger partial charge < -0.3 is 9.47 Å². The van der Waals surface area contributed by atoms with Crippen molar-refractivity contribution in [2.45, 2.75) is 6.42 Å². The van der Waals surface area contributed by atoms with Crippen LogP contribution in [0.5, 0.6) is 5.75 Å². The molecule has 0 unspecified atom stereocenters. The maximum Gasteiger partial charge on any atom is 0.313 e. The molecule has 3 nitrogen and oxygen atoms in total. The van der Waals surface area contributed by atoms with Gasteiger partial charge in [0.25, 0.3) is 0 Å². The number of rotatable bonds is 4. The number of benzene rings is 2. The van der Waals surface area contributed by atoms with E-state index in [1.54, 1.807) is 13.2 Å². The van der Waals surface area contributed by atoms with Gasteiger partial charge in [-0.05, 0) is 11.5 Å². The van der Waals surface area contributed by atoms with Gasteiger partial charge in [-0.1, -0.05) is 36.4 Å². The van der Waals surface area contributed by atoms with Crippen LogP contribution in [0.15, 0.2) is 42.5 Å². The van der Waals surface area contributed by atoms with Gasteiger partial charge in [-0.2, -0.15) is 0 Å². The summed E-state index contributed by atoms with van der Waals surface area (Å²) in [5.74, 6) is 0.326. The molecule has 88 valence electrons. The molecule has 0 heterocycles. The summed E-state index contributed by atoms with van der Waals surface area (Å²) >= 11 is 0. The molecule has 2 aromatic rings. The molecular formula is C14H14O3. The number of fused-ring (bicyclic) bond motifs is 1. The molecule has 0 aliphatic rings. The zero-order valence-corrected chi connectivity index (χ0v) is 9.68. The molecular weight excluding hydrogens is 216 g/mol. The molecule has 0 saturated carbocycles. The fraction of sp³-hybridized carbons (Fsp3) is 0.214. The summed E-state index contributed by atoms with van der Waals surface area (Å²) in [5, 5.41) is 2.00. The van der Waals surface area contributed by atoms with Gasteiger partial charge in [0, 0.05) is 12.5 Å². The first-order valence-electron chi connectivity index (χ1n) is 5.48. The van der Waals surface area contributed by atoms with Crippen molar-refractivity contribution < 1.29 is 14.3 Å². The van der Waals surface area contributed by atoms with Crippen molar-refractivity contribution in [2.24, 2.45) is 0 Å². The van der Waals surface area contributed by atoms with Gasteiger partial charge in [0.1, 0.15) is 5.75 Å². The topological polar surface area (TPSA) is 35.5 Å². The first kappa shape index (κ1) is 11.6. The number of hydrogen-bond acceptors (Lipinski definition) is 3. The molecule has 0 atom stereocenters. The monoisotopic (exact) mass is 230 g/mol. The molecule has 0 aliphatic heterocycles. The number of carbonyl (C=O) groups excluding carboxylic acids is 1. The molecule has 0 aliphatic carbocycles. The lowest BCUT2D eigenvalue weighted by Crippen LogP contribution is -2.10. The standard InChI is InChI=1S/C14H14O3/c1-16-10-9-14(15)17-13-8-4-6-11-5-2-3-7-12(11)13/h2-8H,9-10H2,1H3. The highest BCUT2D eigenvalue weighted by Crippen LogP contribution is 2.25. The minimum atomic E-state index is -0.275. The van der Waals surface area contributed by atoms with Gasteiger partial charge in [0.15, 0.2) is 0 Å². The van der Waals surface area contributed by atoms with Crippen molar-refractivity contribution >= 4 is 16.7 Å². The summed E-state index contributed by atoms with van der Waals surface area (Å²) < 4.78 is 10.1. The average Bonchev–Trinajstić information content (AvgIpc) is 2.37. The summed E-state index contributed by atoms with van der Waals surface area (Å²) in [6.07, 6.45) is 0.264. The molecule has 0 saturated heterocycles. The van der Waals surface area contributed by atoms with E-state index >= 15 is 0 Å². The van der Waals surface area contributed by atoms with Crippen molar-refractivity contribution in [1.82, 2.24) is 0 Å². The quantitative estimate of drug-likeness (QED) is 0.598. The third-order valence-corrected chi connectivity index (χ3v) is 2.48. The third-order valence-electron chi connectivity index (χ3n) is 2.48. The second-order valence-corrected chi connectivity index (χ2v) is 3.69. The second-order valence-electron chi connectivity index (χ2n) is 3.69. The predicted molar refractivity (Wildman–Crippen MR) is 66.1 cm³/mol. The number of ether oxygens (including phenoxy) is 2. The zero-order valence-electron chi connectivity index (χ0n) is 9.68. The fourth-order valence-electron chi connectivity index (χ4n) is 1.64. The molecule has 0 amide bonds. The zero-order chi connectivity index (χ0) is 12.1. The Balaban J connectivity index is 2.21. The third kappa shape index (κ3) is 2.82. The Morgan fingerprint density at radius 2 is 1.88 bits per heavy atom. The maximum absolute atomic E-state index is 11.5. The van der Waals surface area contributed by atoms with Crippen LogP contribution in [0.2, 0.25) is 0 Å². The van der Waals surface area contributed by atoms with Gasteiger partial charge in [0.05, 0.1) is 13.0 Å². The lowest BCUT2D eigenvalue weighted by atomic mass is 10.1. The van der Waals surface area contributed by atoms with Gasteiger partial charge in [-0.15, -0.1) is 0 Å².